The van der Waals surface area contributed by atoms with Gasteiger partial charge < -0.3 is 14.8 Å². The quantitative estimate of drug-likeness (QED) is 0.580. The summed E-state index contributed by atoms with van der Waals surface area (Å²) in [5.74, 6) is -0.424. The van der Waals surface area contributed by atoms with E-state index in [-0.39, 0.29) is 23.5 Å². The summed E-state index contributed by atoms with van der Waals surface area (Å²) in [6, 6.07) is 15.1. The van der Waals surface area contributed by atoms with E-state index >= 15 is 0 Å². The summed E-state index contributed by atoms with van der Waals surface area (Å²) >= 11 is 0. The van der Waals surface area contributed by atoms with Gasteiger partial charge >= 0.3 is 0 Å². The van der Waals surface area contributed by atoms with Crippen LogP contribution in [-0.4, -0.2) is 34.4 Å². The number of carbonyl (C=O) groups excluding carboxylic acids is 2. The van der Waals surface area contributed by atoms with Gasteiger partial charge in [-0.3, -0.25) is 9.59 Å². The van der Waals surface area contributed by atoms with Crippen molar-refractivity contribution in [1.82, 2.24) is 14.8 Å². The van der Waals surface area contributed by atoms with Crippen molar-refractivity contribution in [2.24, 2.45) is 5.92 Å². The SMILES string of the molecule is Cc1ccc(CNC(=O)C2CCN(C(=O)c3cc(C)n(-c4ccccc4C)c3C)CC2)cc1F. The van der Waals surface area contributed by atoms with Crippen molar-refractivity contribution in [1.29, 1.82) is 0 Å². The number of para-hydroxylation sites is 1. The molecule has 0 unspecified atom stereocenters. The average Bonchev–Trinajstić information content (AvgIpc) is 3.13. The minimum Gasteiger partial charge on any atom is -0.352 e. The Hall–Kier alpha value is -3.41. The summed E-state index contributed by atoms with van der Waals surface area (Å²) in [6.07, 6.45) is 1.24. The minimum atomic E-state index is -0.264. The molecule has 2 aromatic carbocycles. The van der Waals surface area contributed by atoms with Crippen molar-refractivity contribution < 1.29 is 14.0 Å². The first-order valence-electron chi connectivity index (χ1n) is 11.8. The number of nitrogens with one attached hydrogen (secondary N) is 1. The lowest BCUT2D eigenvalue weighted by atomic mass is 9.95. The second-order valence-electron chi connectivity index (χ2n) is 9.27. The fourth-order valence-corrected chi connectivity index (χ4v) is 4.76. The highest BCUT2D eigenvalue weighted by Gasteiger charge is 2.29. The number of aryl methyl sites for hydroxylation is 3. The maximum Gasteiger partial charge on any atom is 0.255 e. The number of hydrogen-bond acceptors (Lipinski definition) is 2. The van der Waals surface area contributed by atoms with Gasteiger partial charge in [0, 0.05) is 42.6 Å². The summed E-state index contributed by atoms with van der Waals surface area (Å²) in [5.41, 5.74) is 6.24. The van der Waals surface area contributed by atoms with Gasteiger partial charge in [0.2, 0.25) is 5.91 Å². The highest BCUT2D eigenvalue weighted by molar-refractivity contribution is 5.96. The molecule has 0 radical (unpaired) electrons. The second kappa shape index (κ2) is 9.84. The fourth-order valence-electron chi connectivity index (χ4n) is 4.76. The minimum absolute atomic E-state index is 0.0157. The predicted molar refractivity (Wildman–Crippen MR) is 132 cm³/mol. The Kier molecular flexibility index (Phi) is 6.87. The van der Waals surface area contributed by atoms with Crippen LogP contribution < -0.4 is 5.32 Å². The molecule has 0 atom stereocenters. The number of piperidine rings is 1. The average molecular weight is 462 g/mol. The van der Waals surface area contributed by atoms with Crippen LogP contribution >= 0.6 is 0 Å². The van der Waals surface area contributed by atoms with Crippen LogP contribution in [0, 0.1) is 39.4 Å². The van der Waals surface area contributed by atoms with Gasteiger partial charge in [-0.05, 0) is 75.4 Å². The molecule has 1 aliphatic rings. The van der Waals surface area contributed by atoms with Gasteiger partial charge in [0.25, 0.3) is 5.91 Å². The van der Waals surface area contributed by atoms with Crippen molar-refractivity contribution >= 4 is 11.8 Å². The first-order valence-corrected chi connectivity index (χ1v) is 11.8. The van der Waals surface area contributed by atoms with Crippen LogP contribution in [0.2, 0.25) is 0 Å². The molecule has 2 amide bonds. The number of nitrogens with zero attached hydrogens (tertiary/aromatic N) is 2. The summed E-state index contributed by atoms with van der Waals surface area (Å²) < 4.78 is 15.9. The van der Waals surface area contributed by atoms with Crippen LogP contribution in [0.1, 0.15) is 51.3 Å². The number of rotatable bonds is 5. The maximum atomic E-state index is 13.7. The standard InChI is InChI=1S/C28H32FN3O2/c1-18-9-10-22(16-25(18)29)17-30-27(33)23-11-13-31(14-12-23)28(34)24-15-20(3)32(21(24)4)26-8-6-5-7-19(26)2/h5-10,15-16,23H,11-14,17H2,1-4H3,(H,30,33). The summed E-state index contributed by atoms with van der Waals surface area (Å²) in [4.78, 5) is 27.8. The maximum absolute atomic E-state index is 13.7. The van der Waals surface area contributed by atoms with E-state index in [1.807, 2.05) is 43.0 Å². The molecule has 0 aliphatic carbocycles. The molecule has 6 heteroatoms. The predicted octanol–water partition coefficient (Wildman–Crippen LogP) is 5.02. The van der Waals surface area contributed by atoms with Crippen molar-refractivity contribution in [3.05, 3.63) is 88.0 Å². The molecule has 2 heterocycles. The third kappa shape index (κ3) is 4.76. The Labute approximate surface area is 200 Å². The molecule has 5 nitrogen and oxygen atoms in total. The van der Waals surface area contributed by atoms with Crippen molar-refractivity contribution in [2.45, 2.75) is 47.1 Å². The van der Waals surface area contributed by atoms with Crippen LogP contribution in [0.15, 0.2) is 48.5 Å². The van der Waals surface area contributed by atoms with Crippen molar-refractivity contribution in [3.63, 3.8) is 0 Å². The molecule has 1 aliphatic heterocycles. The second-order valence-corrected chi connectivity index (χ2v) is 9.27. The Morgan fingerprint density at radius 3 is 2.35 bits per heavy atom. The number of carbonyl (C=O) groups is 2. The molecular weight excluding hydrogens is 429 g/mol. The van der Waals surface area contributed by atoms with E-state index in [1.54, 1.807) is 13.0 Å². The molecule has 1 aromatic heterocycles. The first-order chi connectivity index (χ1) is 16.3. The molecule has 1 N–H and O–H groups in total. The monoisotopic (exact) mass is 461 g/mol. The van der Waals surface area contributed by atoms with Gasteiger partial charge in [0.05, 0.1) is 5.56 Å². The number of amides is 2. The van der Waals surface area contributed by atoms with Gasteiger partial charge in [0.1, 0.15) is 5.82 Å². The van der Waals surface area contributed by atoms with Gasteiger partial charge in [-0.15, -0.1) is 0 Å². The summed E-state index contributed by atoms with van der Waals surface area (Å²) in [6.45, 7) is 9.19. The van der Waals surface area contributed by atoms with Gasteiger partial charge in [0.15, 0.2) is 0 Å². The van der Waals surface area contributed by atoms with E-state index in [9.17, 15) is 14.0 Å². The van der Waals surface area contributed by atoms with Crippen LogP contribution in [0.25, 0.3) is 5.69 Å². The number of hydrogen-bond donors (Lipinski definition) is 1. The fraction of sp³-hybridized carbons (Fsp3) is 0.357. The van der Waals surface area contributed by atoms with E-state index in [4.69, 9.17) is 0 Å². The van der Waals surface area contributed by atoms with E-state index in [0.717, 1.165) is 28.2 Å². The zero-order chi connectivity index (χ0) is 24.4. The molecule has 0 bridgehead atoms. The lowest BCUT2D eigenvalue weighted by molar-refractivity contribution is -0.126. The van der Waals surface area contributed by atoms with Crippen molar-refractivity contribution in [2.75, 3.05) is 13.1 Å². The molecule has 3 aromatic rings. The largest absolute Gasteiger partial charge is 0.352 e. The molecular formula is C28H32FN3O2. The highest BCUT2D eigenvalue weighted by Crippen LogP contribution is 2.26. The van der Waals surface area contributed by atoms with Gasteiger partial charge in [-0.1, -0.05) is 30.3 Å². The number of aromatic nitrogens is 1. The summed E-state index contributed by atoms with van der Waals surface area (Å²) in [7, 11) is 0. The van der Waals surface area contributed by atoms with E-state index in [1.165, 1.54) is 6.07 Å². The first kappa shape index (κ1) is 23.7. The van der Waals surface area contributed by atoms with E-state index in [0.29, 0.717) is 43.6 Å². The van der Waals surface area contributed by atoms with Crippen molar-refractivity contribution in [3.8, 4) is 5.69 Å². The Morgan fingerprint density at radius 1 is 0.971 bits per heavy atom. The van der Waals surface area contributed by atoms with Gasteiger partial charge in [-0.2, -0.15) is 0 Å². The van der Waals surface area contributed by atoms with Crippen LogP contribution in [0.3, 0.4) is 0 Å². The van der Waals surface area contributed by atoms with E-state index in [2.05, 4.69) is 28.9 Å². The molecule has 4 rings (SSSR count). The molecule has 178 valence electrons. The number of benzene rings is 2. The van der Waals surface area contributed by atoms with Crippen LogP contribution in [0.5, 0.6) is 0 Å². The normalized spacial score (nSPS) is 14.3. The number of halogens is 1. The molecule has 34 heavy (non-hydrogen) atoms. The van der Waals surface area contributed by atoms with Crippen LogP contribution in [-0.2, 0) is 11.3 Å². The lowest BCUT2D eigenvalue weighted by Gasteiger charge is -2.31. The Bertz CT molecular complexity index is 1220. The molecule has 1 saturated heterocycles. The third-order valence-corrected chi connectivity index (χ3v) is 6.87. The van der Waals surface area contributed by atoms with Crippen LogP contribution in [0.4, 0.5) is 4.39 Å². The van der Waals surface area contributed by atoms with E-state index < -0.39 is 0 Å². The molecule has 1 fully saturated rings. The zero-order valence-electron chi connectivity index (χ0n) is 20.3. The topological polar surface area (TPSA) is 54.3 Å². The number of likely N-dealkylation sites (tertiary alicyclic amines) is 1. The highest BCUT2D eigenvalue weighted by atomic mass is 19.1. The zero-order valence-corrected chi connectivity index (χ0v) is 20.3. The molecule has 0 spiro atoms. The summed E-state index contributed by atoms with van der Waals surface area (Å²) in [5, 5.41) is 2.92. The Balaban J connectivity index is 1.37. The third-order valence-electron chi connectivity index (χ3n) is 6.87. The smallest absolute Gasteiger partial charge is 0.255 e. The van der Waals surface area contributed by atoms with Gasteiger partial charge in [-0.25, -0.2) is 4.39 Å². The molecule has 0 saturated carbocycles. The lowest BCUT2D eigenvalue weighted by Crippen LogP contribution is -2.43. The Morgan fingerprint density at radius 2 is 1.68 bits per heavy atom.